The van der Waals surface area contributed by atoms with Gasteiger partial charge in [-0.15, -0.1) is 0 Å². The molecule has 5 heteroatoms. The van der Waals surface area contributed by atoms with Gasteiger partial charge in [0, 0.05) is 5.02 Å². The van der Waals surface area contributed by atoms with Crippen LogP contribution in [-0.4, -0.2) is 21.5 Å². The number of aliphatic hydroxyl groups is 1. The van der Waals surface area contributed by atoms with Crippen LogP contribution >= 0.6 is 11.6 Å². The van der Waals surface area contributed by atoms with Gasteiger partial charge in [0.15, 0.2) is 5.75 Å². The van der Waals surface area contributed by atoms with Crippen molar-refractivity contribution in [2.75, 3.05) is 6.61 Å². The first-order chi connectivity index (χ1) is 8.94. The normalized spacial score (nSPS) is 11.6. The van der Waals surface area contributed by atoms with Crippen molar-refractivity contribution in [2.24, 2.45) is 0 Å². The Labute approximate surface area is 117 Å². The third kappa shape index (κ3) is 2.91. The molecule has 1 heterocycles. The van der Waals surface area contributed by atoms with Crippen LogP contribution in [0.5, 0.6) is 11.5 Å². The molecule has 4 nitrogen and oxygen atoms in total. The minimum absolute atomic E-state index is 0.00608. The Morgan fingerprint density at radius 3 is 2.79 bits per heavy atom. The van der Waals surface area contributed by atoms with Gasteiger partial charge in [-0.05, 0) is 39.0 Å². The summed E-state index contributed by atoms with van der Waals surface area (Å²) in [7, 11) is 0. The van der Waals surface area contributed by atoms with E-state index < -0.39 is 5.54 Å². The van der Waals surface area contributed by atoms with Gasteiger partial charge in [0.1, 0.15) is 5.75 Å². The van der Waals surface area contributed by atoms with E-state index in [0.717, 1.165) is 5.69 Å². The minimum atomic E-state index is -0.458. The Morgan fingerprint density at radius 2 is 2.16 bits per heavy atom. The third-order valence-electron chi connectivity index (χ3n) is 2.95. The van der Waals surface area contributed by atoms with Crippen molar-refractivity contribution in [3.63, 3.8) is 0 Å². The van der Waals surface area contributed by atoms with E-state index in [0.29, 0.717) is 16.5 Å². The highest BCUT2D eigenvalue weighted by Crippen LogP contribution is 2.29. The predicted molar refractivity (Wildman–Crippen MR) is 74.9 cm³/mol. The second kappa shape index (κ2) is 5.23. The maximum Gasteiger partial charge on any atom is 0.168 e. The lowest BCUT2D eigenvalue weighted by atomic mass is 10.1. The lowest BCUT2D eigenvalue weighted by Gasteiger charge is -2.24. The first-order valence-electron chi connectivity index (χ1n) is 6.03. The van der Waals surface area contributed by atoms with Crippen molar-refractivity contribution in [1.29, 1.82) is 0 Å². The van der Waals surface area contributed by atoms with Crippen LogP contribution < -0.4 is 4.74 Å². The molecule has 0 aliphatic carbocycles. The zero-order chi connectivity index (χ0) is 14.0. The molecule has 0 aliphatic rings. The average Bonchev–Trinajstić information content (AvgIpc) is 2.72. The van der Waals surface area contributed by atoms with Crippen LogP contribution in [0.15, 0.2) is 30.5 Å². The summed E-state index contributed by atoms with van der Waals surface area (Å²) in [6.45, 7) is 5.74. The molecular formula is C14H17ClN2O2. The maximum atomic E-state index is 9.39. The van der Waals surface area contributed by atoms with Gasteiger partial charge in [-0.2, -0.15) is 5.10 Å². The molecule has 0 saturated heterocycles. The van der Waals surface area contributed by atoms with E-state index >= 15 is 0 Å². The maximum absolute atomic E-state index is 9.39. The number of rotatable bonds is 4. The van der Waals surface area contributed by atoms with Gasteiger partial charge >= 0.3 is 0 Å². The molecule has 1 aromatic carbocycles. The summed E-state index contributed by atoms with van der Waals surface area (Å²) < 4.78 is 7.52. The van der Waals surface area contributed by atoms with Crippen molar-refractivity contribution in [2.45, 2.75) is 26.3 Å². The number of ether oxygens (including phenoxy) is 1. The Hall–Kier alpha value is -1.52. The zero-order valence-electron chi connectivity index (χ0n) is 11.2. The first-order valence-corrected chi connectivity index (χ1v) is 6.41. The molecule has 102 valence electrons. The first kappa shape index (κ1) is 13.9. The fourth-order valence-corrected chi connectivity index (χ4v) is 2.01. The standard InChI is InChI=1S/C14H17ClN2O2/c1-10-13(8-16-17(10)14(2,3)9-18)19-12-6-4-5-11(15)7-12/h4-8,18H,9H2,1-3H3. The molecule has 0 fully saturated rings. The van der Waals surface area contributed by atoms with Gasteiger partial charge in [-0.1, -0.05) is 17.7 Å². The number of nitrogens with zero attached hydrogens (tertiary/aromatic N) is 2. The van der Waals surface area contributed by atoms with Crippen LogP contribution in [0.4, 0.5) is 0 Å². The van der Waals surface area contributed by atoms with Crippen molar-refractivity contribution in [1.82, 2.24) is 9.78 Å². The van der Waals surface area contributed by atoms with Gasteiger partial charge in [0.2, 0.25) is 0 Å². The second-order valence-electron chi connectivity index (χ2n) is 5.04. The summed E-state index contributed by atoms with van der Waals surface area (Å²) >= 11 is 5.92. The van der Waals surface area contributed by atoms with Crippen LogP contribution in [0.1, 0.15) is 19.5 Å². The number of hydrogen-bond acceptors (Lipinski definition) is 3. The molecule has 0 spiro atoms. The van der Waals surface area contributed by atoms with E-state index in [1.165, 1.54) is 0 Å². The molecule has 0 radical (unpaired) electrons. The fraction of sp³-hybridized carbons (Fsp3) is 0.357. The van der Waals surface area contributed by atoms with E-state index in [1.54, 1.807) is 23.0 Å². The van der Waals surface area contributed by atoms with Crippen LogP contribution in [0, 0.1) is 6.92 Å². The largest absolute Gasteiger partial charge is 0.454 e. The highest BCUT2D eigenvalue weighted by molar-refractivity contribution is 6.30. The molecule has 19 heavy (non-hydrogen) atoms. The third-order valence-corrected chi connectivity index (χ3v) is 3.18. The molecule has 1 N–H and O–H groups in total. The summed E-state index contributed by atoms with van der Waals surface area (Å²) in [5.41, 5.74) is 0.402. The van der Waals surface area contributed by atoms with Gasteiger partial charge in [0.25, 0.3) is 0 Å². The van der Waals surface area contributed by atoms with Gasteiger partial charge < -0.3 is 9.84 Å². The van der Waals surface area contributed by atoms with Crippen molar-refractivity contribution >= 4 is 11.6 Å². The SMILES string of the molecule is Cc1c(Oc2cccc(Cl)c2)cnn1C(C)(C)CO. The summed E-state index contributed by atoms with van der Waals surface area (Å²) in [5.74, 6) is 1.32. The molecule has 0 bridgehead atoms. The quantitative estimate of drug-likeness (QED) is 0.934. The topological polar surface area (TPSA) is 47.3 Å². The van der Waals surface area contributed by atoms with Crippen LogP contribution in [0.2, 0.25) is 5.02 Å². The average molecular weight is 281 g/mol. The minimum Gasteiger partial charge on any atom is -0.454 e. The Bertz CT molecular complexity index is 579. The van der Waals surface area contributed by atoms with Gasteiger partial charge in [-0.25, -0.2) is 0 Å². The Balaban J connectivity index is 2.28. The number of hydrogen-bond donors (Lipinski definition) is 1. The van der Waals surface area contributed by atoms with E-state index in [-0.39, 0.29) is 6.61 Å². The molecule has 0 aliphatic heterocycles. The van der Waals surface area contributed by atoms with Crippen LogP contribution in [-0.2, 0) is 5.54 Å². The summed E-state index contributed by atoms with van der Waals surface area (Å²) in [4.78, 5) is 0. The van der Waals surface area contributed by atoms with E-state index in [1.807, 2.05) is 32.9 Å². The monoisotopic (exact) mass is 280 g/mol. The molecule has 0 amide bonds. The molecular weight excluding hydrogens is 264 g/mol. The van der Waals surface area contributed by atoms with E-state index in [9.17, 15) is 5.11 Å². The zero-order valence-corrected chi connectivity index (χ0v) is 12.0. The van der Waals surface area contributed by atoms with Crippen LogP contribution in [0.25, 0.3) is 0 Å². The predicted octanol–water partition coefficient (Wildman–Crippen LogP) is 3.36. The number of halogens is 1. The summed E-state index contributed by atoms with van der Waals surface area (Å²) in [5, 5.41) is 14.3. The number of aromatic nitrogens is 2. The molecule has 1 aromatic heterocycles. The fourth-order valence-electron chi connectivity index (χ4n) is 1.83. The molecule has 2 rings (SSSR count). The van der Waals surface area contributed by atoms with Crippen LogP contribution in [0.3, 0.4) is 0 Å². The molecule has 0 atom stereocenters. The smallest absolute Gasteiger partial charge is 0.168 e. The van der Waals surface area contributed by atoms with Crippen molar-refractivity contribution in [3.05, 3.63) is 41.2 Å². The molecule has 0 unspecified atom stereocenters. The Morgan fingerprint density at radius 1 is 1.42 bits per heavy atom. The van der Waals surface area contributed by atoms with E-state index in [2.05, 4.69) is 5.10 Å². The summed E-state index contributed by atoms with van der Waals surface area (Å²) in [6.07, 6.45) is 1.65. The second-order valence-corrected chi connectivity index (χ2v) is 5.47. The number of aliphatic hydroxyl groups excluding tert-OH is 1. The lowest BCUT2D eigenvalue weighted by molar-refractivity contribution is 0.149. The highest BCUT2D eigenvalue weighted by Gasteiger charge is 2.23. The lowest BCUT2D eigenvalue weighted by Crippen LogP contribution is -2.32. The highest BCUT2D eigenvalue weighted by atomic mass is 35.5. The van der Waals surface area contributed by atoms with Gasteiger partial charge in [0.05, 0.1) is 24.0 Å². The molecule has 0 saturated carbocycles. The van der Waals surface area contributed by atoms with Gasteiger partial charge in [-0.3, -0.25) is 4.68 Å². The molecule has 2 aromatic rings. The van der Waals surface area contributed by atoms with Crippen molar-refractivity contribution < 1.29 is 9.84 Å². The summed E-state index contributed by atoms with van der Waals surface area (Å²) in [6, 6.07) is 7.20. The van der Waals surface area contributed by atoms with E-state index in [4.69, 9.17) is 16.3 Å². The Kier molecular flexibility index (Phi) is 3.83. The van der Waals surface area contributed by atoms with Crippen molar-refractivity contribution in [3.8, 4) is 11.5 Å². The number of benzene rings is 1.